The van der Waals surface area contributed by atoms with E-state index in [2.05, 4.69) is 10.6 Å². The second kappa shape index (κ2) is 8.05. The van der Waals surface area contributed by atoms with Gasteiger partial charge in [0.25, 0.3) is 0 Å². The summed E-state index contributed by atoms with van der Waals surface area (Å²) in [6.07, 6.45) is -6.85. The van der Waals surface area contributed by atoms with Crippen LogP contribution in [-0.4, -0.2) is 82.6 Å². The zero-order chi connectivity index (χ0) is 22.1. The number of hydrogen-bond donors (Lipinski definition) is 6. The molecule has 11 heteroatoms. The second-order valence-electron chi connectivity index (χ2n) is 10.1. The summed E-state index contributed by atoms with van der Waals surface area (Å²) < 4.78 is 47.1. The smallest absolute Gasteiger partial charge is 0.390 e. The Kier molecular flexibility index (Phi) is 5.78. The van der Waals surface area contributed by atoms with Crippen LogP contribution in [0.4, 0.5) is 13.2 Å². The van der Waals surface area contributed by atoms with Gasteiger partial charge in [-0.1, -0.05) is 0 Å². The number of fused-ring (bicyclic) bond motifs is 2. The van der Waals surface area contributed by atoms with Gasteiger partial charge in [-0.05, 0) is 49.9 Å². The Hall–Kier alpha value is -0.530. The van der Waals surface area contributed by atoms with Gasteiger partial charge in [0.05, 0.1) is 24.4 Å². The minimum absolute atomic E-state index is 0.0353. The van der Waals surface area contributed by atoms with Crippen LogP contribution in [0.1, 0.15) is 32.1 Å². The molecule has 8 nitrogen and oxygen atoms in total. The third-order valence-electron chi connectivity index (χ3n) is 8.59. The summed E-state index contributed by atoms with van der Waals surface area (Å²) in [7, 11) is 0. The third-order valence-corrected chi connectivity index (χ3v) is 8.59. The molecule has 2 saturated carbocycles. The molecule has 0 aromatic carbocycles. The van der Waals surface area contributed by atoms with Crippen molar-refractivity contribution < 1.29 is 33.2 Å². The molecule has 0 amide bonds. The molecule has 7 N–H and O–H groups in total. The van der Waals surface area contributed by atoms with Gasteiger partial charge in [0, 0.05) is 19.1 Å². The van der Waals surface area contributed by atoms with Crippen LogP contribution in [0.3, 0.4) is 0 Å². The molecule has 5 aliphatic rings. The average Bonchev–Trinajstić information content (AvgIpc) is 3.22. The van der Waals surface area contributed by atoms with Gasteiger partial charge in [-0.25, -0.2) is 0 Å². The number of rotatable bonds is 3. The van der Waals surface area contributed by atoms with Crippen molar-refractivity contribution in [1.29, 1.82) is 0 Å². The van der Waals surface area contributed by atoms with Gasteiger partial charge in [0.1, 0.15) is 24.5 Å². The average molecular weight is 451 g/mol. The summed E-state index contributed by atoms with van der Waals surface area (Å²) in [5.74, 6) is -1.36. The highest BCUT2D eigenvalue weighted by Gasteiger charge is 2.61. The highest BCUT2D eigenvalue weighted by molar-refractivity contribution is 5.05. The summed E-state index contributed by atoms with van der Waals surface area (Å²) in [6, 6.07) is 0. The molecule has 7 unspecified atom stereocenters. The van der Waals surface area contributed by atoms with Crippen molar-refractivity contribution in [3.63, 3.8) is 0 Å². The van der Waals surface area contributed by atoms with E-state index in [1.165, 1.54) is 11.3 Å². The molecule has 3 aliphatic heterocycles. The van der Waals surface area contributed by atoms with Crippen molar-refractivity contribution >= 4 is 0 Å². The molecule has 3 saturated heterocycles. The maximum Gasteiger partial charge on any atom is 0.393 e. The number of ether oxygens (including phenoxy) is 1. The molecule has 0 spiro atoms. The first-order chi connectivity index (χ1) is 14.7. The monoisotopic (exact) mass is 450 g/mol. The number of aliphatic hydroxyl groups is 3. The van der Waals surface area contributed by atoms with Crippen LogP contribution >= 0.6 is 0 Å². The molecule has 31 heavy (non-hydrogen) atoms. The van der Waals surface area contributed by atoms with E-state index in [4.69, 9.17) is 10.5 Å². The Morgan fingerprint density at radius 1 is 1.03 bits per heavy atom. The number of likely N-dealkylation sites (tertiary alicyclic amines) is 1. The standard InChI is InChI=1S/C20H33F3N4O4/c21-20(22,23)11-6-27(18-12(11)17(24)25-7-26-18)19-15(30)14(29)16(31-19)13(28)10-4-2-8-1-3-9(8)5-10/h8-19,25-26,28-30H,1-7,24H2/t8?,9?,10?,11?,12?,13-,14+,15-,16-,17?,18?,19-/m1/s1. The Bertz CT molecular complexity index is 673. The SMILES string of the molecule is NC1NCNC2C1C(C(F)(F)F)CN2[C@@H]1O[C@H]([C@H](O)C2CCC3CCC3C2)[C@@H](O)[C@H]1O. The molecular formula is C20H33F3N4O4. The maximum absolute atomic E-state index is 13.7. The summed E-state index contributed by atoms with van der Waals surface area (Å²) in [6.45, 7) is -0.170. The van der Waals surface area contributed by atoms with E-state index in [9.17, 15) is 28.5 Å². The maximum atomic E-state index is 13.7. The number of halogens is 3. The molecule has 2 aliphatic carbocycles. The molecule has 5 fully saturated rings. The van der Waals surface area contributed by atoms with Gasteiger partial charge in [0.15, 0.2) is 0 Å². The predicted molar refractivity (Wildman–Crippen MR) is 103 cm³/mol. The Morgan fingerprint density at radius 3 is 2.39 bits per heavy atom. The van der Waals surface area contributed by atoms with E-state index in [-0.39, 0.29) is 12.6 Å². The molecule has 0 aromatic heterocycles. The Balaban J connectivity index is 1.32. The van der Waals surface area contributed by atoms with E-state index in [1.54, 1.807) is 0 Å². The van der Waals surface area contributed by atoms with Gasteiger partial charge in [-0.3, -0.25) is 15.5 Å². The lowest BCUT2D eigenvalue weighted by Gasteiger charge is -2.45. The second-order valence-corrected chi connectivity index (χ2v) is 10.1. The van der Waals surface area contributed by atoms with Crippen molar-refractivity contribution in [3.8, 4) is 0 Å². The van der Waals surface area contributed by atoms with E-state index < -0.39 is 67.5 Å². The fourth-order valence-electron chi connectivity index (χ4n) is 6.69. The van der Waals surface area contributed by atoms with Crippen LogP contribution in [0.25, 0.3) is 0 Å². The summed E-state index contributed by atoms with van der Waals surface area (Å²) in [5.41, 5.74) is 5.96. The van der Waals surface area contributed by atoms with Gasteiger partial charge in [0.2, 0.25) is 0 Å². The first-order valence-electron chi connectivity index (χ1n) is 11.4. The van der Waals surface area contributed by atoms with Gasteiger partial charge in [-0.2, -0.15) is 13.2 Å². The topological polar surface area (TPSA) is 123 Å². The third kappa shape index (κ3) is 3.71. The van der Waals surface area contributed by atoms with Crippen molar-refractivity contribution in [3.05, 3.63) is 0 Å². The minimum Gasteiger partial charge on any atom is -0.390 e. The van der Waals surface area contributed by atoms with E-state index in [1.807, 2.05) is 0 Å². The number of nitrogens with zero attached hydrogens (tertiary/aromatic N) is 1. The molecule has 0 radical (unpaired) electrons. The largest absolute Gasteiger partial charge is 0.393 e. The first-order valence-corrected chi connectivity index (χ1v) is 11.4. The highest BCUT2D eigenvalue weighted by Crippen LogP contribution is 2.49. The van der Waals surface area contributed by atoms with Gasteiger partial charge < -0.3 is 25.8 Å². The van der Waals surface area contributed by atoms with E-state index >= 15 is 0 Å². The zero-order valence-electron chi connectivity index (χ0n) is 17.3. The van der Waals surface area contributed by atoms with Crippen molar-refractivity contribution in [2.45, 2.75) is 81.3 Å². The highest BCUT2D eigenvalue weighted by atomic mass is 19.4. The molecule has 5 rings (SSSR count). The van der Waals surface area contributed by atoms with Crippen LogP contribution in [0.2, 0.25) is 0 Å². The molecule has 178 valence electrons. The lowest BCUT2D eigenvalue weighted by Crippen LogP contribution is -2.65. The Labute approximate surface area is 179 Å². The Morgan fingerprint density at radius 2 is 1.74 bits per heavy atom. The predicted octanol–water partition coefficient (Wildman–Crippen LogP) is -0.508. The number of aliphatic hydroxyl groups excluding tert-OH is 3. The summed E-state index contributed by atoms with van der Waals surface area (Å²) >= 11 is 0. The van der Waals surface area contributed by atoms with E-state index in [0.29, 0.717) is 5.92 Å². The van der Waals surface area contributed by atoms with Crippen molar-refractivity contribution in [1.82, 2.24) is 15.5 Å². The first kappa shape index (κ1) is 22.3. The summed E-state index contributed by atoms with van der Waals surface area (Å²) in [4.78, 5) is 1.42. The van der Waals surface area contributed by atoms with Crippen molar-refractivity contribution in [2.24, 2.45) is 35.3 Å². The fraction of sp³-hybridized carbons (Fsp3) is 1.00. The molecule has 0 aromatic rings. The van der Waals surface area contributed by atoms with Gasteiger partial charge in [-0.15, -0.1) is 0 Å². The normalized spacial score (nSPS) is 51.8. The minimum atomic E-state index is -4.46. The zero-order valence-corrected chi connectivity index (χ0v) is 17.3. The van der Waals surface area contributed by atoms with E-state index in [0.717, 1.165) is 31.6 Å². The molecular weight excluding hydrogens is 417 g/mol. The van der Waals surface area contributed by atoms with Gasteiger partial charge >= 0.3 is 6.18 Å². The van der Waals surface area contributed by atoms with Crippen LogP contribution < -0.4 is 16.4 Å². The lowest BCUT2D eigenvalue weighted by atomic mass is 9.61. The molecule has 0 bridgehead atoms. The quantitative estimate of drug-likeness (QED) is 0.340. The lowest BCUT2D eigenvalue weighted by molar-refractivity contribution is -0.186. The number of hydrogen-bond acceptors (Lipinski definition) is 8. The summed E-state index contributed by atoms with van der Waals surface area (Å²) in [5, 5.41) is 38.1. The van der Waals surface area contributed by atoms with Crippen LogP contribution in [0.5, 0.6) is 0 Å². The van der Waals surface area contributed by atoms with Crippen LogP contribution in [-0.2, 0) is 4.74 Å². The number of nitrogens with two attached hydrogens (primary N) is 1. The number of nitrogens with one attached hydrogen (secondary N) is 2. The number of alkyl halides is 3. The van der Waals surface area contributed by atoms with Crippen LogP contribution in [0, 0.1) is 29.6 Å². The van der Waals surface area contributed by atoms with Crippen molar-refractivity contribution in [2.75, 3.05) is 13.2 Å². The molecule has 3 heterocycles. The fourth-order valence-corrected chi connectivity index (χ4v) is 6.69. The van der Waals surface area contributed by atoms with Crippen LogP contribution in [0.15, 0.2) is 0 Å². The molecule has 12 atom stereocenters.